The SMILES string of the molecule is [CH2-]C1CC(c2ccc(Br)cc2)=NO1.[Y+3]. The van der Waals surface area contributed by atoms with Gasteiger partial charge in [-0.1, -0.05) is 33.2 Å². The maximum Gasteiger partial charge on any atom is 3.00 e. The van der Waals surface area contributed by atoms with Crippen LogP contribution in [0.25, 0.3) is 0 Å². The molecule has 1 aliphatic heterocycles. The zero-order valence-corrected chi connectivity index (χ0v) is 12.0. The maximum atomic E-state index is 5.02. The molecule has 68 valence electrons. The van der Waals surface area contributed by atoms with Crippen molar-refractivity contribution in [3.8, 4) is 0 Å². The number of halogens is 1. The summed E-state index contributed by atoms with van der Waals surface area (Å²) >= 11 is 3.38. The number of nitrogens with zero attached hydrogens (tertiary/aromatic N) is 1. The average molecular weight is 328 g/mol. The van der Waals surface area contributed by atoms with Crippen molar-refractivity contribution in [1.82, 2.24) is 0 Å². The smallest absolute Gasteiger partial charge is 0.425 e. The molecule has 1 aromatic carbocycles. The fourth-order valence-corrected chi connectivity index (χ4v) is 1.51. The monoisotopic (exact) mass is 327 g/mol. The zero-order valence-electron chi connectivity index (χ0n) is 7.61. The summed E-state index contributed by atoms with van der Waals surface area (Å²) in [6.45, 7) is 3.78. The van der Waals surface area contributed by atoms with Crippen LogP contribution in [-0.4, -0.2) is 11.8 Å². The van der Waals surface area contributed by atoms with Crippen LogP contribution in [0.4, 0.5) is 0 Å². The van der Waals surface area contributed by atoms with E-state index >= 15 is 0 Å². The molecule has 0 bridgehead atoms. The van der Waals surface area contributed by atoms with Gasteiger partial charge in [-0.05, 0) is 17.7 Å². The topological polar surface area (TPSA) is 21.6 Å². The van der Waals surface area contributed by atoms with E-state index in [1.807, 2.05) is 24.3 Å². The van der Waals surface area contributed by atoms with E-state index in [0.717, 1.165) is 22.2 Å². The van der Waals surface area contributed by atoms with Gasteiger partial charge in [-0.15, -0.1) is 0 Å². The number of hydrogen-bond donors (Lipinski definition) is 0. The molecule has 0 N–H and O–H groups in total. The minimum atomic E-state index is -0.0290. The van der Waals surface area contributed by atoms with Crippen LogP contribution in [-0.2, 0) is 37.5 Å². The Morgan fingerprint density at radius 2 is 2.00 bits per heavy atom. The average Bonchev–Trinajstić information content (AvgIpc) is 2.53. The third-order valence-electron chi connectivity index (χ3n) is 1.91. The van der Waals surface area contributed by atoms with E-state index < -0.39 is 0 Å². The van der Waals surface area contributed by atoms with E-state index in [1.165, 1.54) is 0 Å². The summed E-state index contributed by atoms with van der Waals surface area (Å²) in [5.74, 6) is 0. The molecule has 1 atom stereocenters. The Bertz CT molecular complexity index is 336. The first-order valence-corrected chi connectivity index (χ1v) is 4.87. The van der Waals surface area contributed by atoms with Gasteiger partial charge in [0.2, 0.25) is 0 Å². The number of rotatable bonds is 1. The number of benzene rings is 1. The summed E-state index contributed by atoms with van der Waals surface area (Å²) in [4.78, 5) is 5.02. The fraction of sp³-hybridized carbons (Fsp3) is 0.200. The van der Waals surface area contributed by atoms with Crippen molar-refractivity contribution in [2.24, 2.45) is 5.16 Å². The molecule has 1 unspecified atom stereocenters. The molecular formula is C10H9BrNOY+2. The van der Waals surface area contributed by atoms with Gasteiger partial charge < -0.3 is 11.8 Å². The van der Waals surface area contributed by atoms with Gasteiger partial charge in [0.25, 0.3) is 0 Å². The maximum absolute atomic E-state index is 5.02. The van der Waals surface area contributed by atoms with Crippen molar-refractivity contribution < 1.29 is 37.5 Å². The van der Waals surface area contributed by atoms with Gasteiger partial charge in [0.05, 0.1) is 5.71 Å². The number of hydrogen-bond acceptors (Lipinski definition) is 2. The van der Waals surface area contributed by atoms with Crippen LogP contribution >= 0.6 is 15.9 Å². The molecule has 0 spiro atoms. The van der Waals surface area contributed by atoms with Crippen LogP contribution < -0.4 is 0 Å². The van der Waals surface area contributed by atoms with Gasteiger partial charge in [-0.2, -0.15) is 0 Å². The Morgan fingerprint density at radius 3 is 2.50 bits per heavy atom. The first kappa shape index (κ1) is 12.3. The Labute approximate surface area is 117 Å². The van der Waals surface area contributed by atoms with Crippen LogP contribution in [0.5, 0.6) is 0 Å². The second-order valence-electron chi connectivity index (χ2n) is 2.98. The Hall–Kier alpha value is 0.274. The molecule has 4 heteroatoms. The van der Waals surface area contributed by atoms with E-state index in [-0.39, 0.29) is 38.8 Å². The molecule has 2 rings (SSSR count). The van der Waals surface area contributed by atoms with Crippen LogP contribution in [0.2, 0.25) is 0 Å². The summed E-state index contributed by atoms with van der Waals surface area (Å²) < 4.78 is 1.07. The number of oxime groups is 1. The Balaban J connectivity index is 0.000000980. The molecule has 14 heavy (non-hydrogen) atoms. The van der Waals surface area contributed by atoms with Gasteiger partial charge in [0, 0.05) is 17.0 Å². The second kappa shape index (κ2) is 5.38. The Morgan fingerprint density at radius 1 is 1.36 bits per heavy atom. The summed E-state index contributed by atoms with van der Waals surface area (Å²) in [5, 5.41) is 3.96. The molecule has 0 radical (unpaired) electrons. The molecule has 2 nitrogen and oxygen atoms in total. The quantitative estimate of drug-likeness (QED) is 0.727. The van der Waals surface area contributed by atoms with Crippen molar-refractivity contribution >= 4 is 21.6 Å². The molecule has 0 aliphatic carbocycles. The summed E-state index contributed by atoms with van der Waals surface area (Å²) in [6, 6.07) is 8.02. The van der Waals surface area contributed by atoms with E-state index in [4.69, 9.17) is 4.84 Å². The van der Waals surface area contributed by atoms with Crippen LogP contribution in [0.15, 0.2) is 33.9 Å². The van der Waals surface area contributed by atoms with Crippen molar-refractivity contribution in [1.29, 1.82) is 0 Å². The normalized spacial score (nSPS) is 19.6. The van der Waals surface area contributed by atoms with Gasteiger partial charge >= 0.3 is 32.7 Å². The molecule has 1 aliphatic rings. The minimum absolute atomic E-state index is 0. The fourth-order valence-electron chi connectivity index (χ4n) is 1.24. The zero-order chi connectivity index (χ0) is 9.26. The largest absolute Gasteiger partial charge is 3.00 e. The predicted molar refractivity (Wildman–Crippen MR) is 55.5 cm³/mol. The van der Waals surface area contributed by atoms with Crippen LogP contribution in [0.1, 0.15) is 12.0 Å². The Kier molecular flexibility index (Phi) is 4.75. The molecule has 1 heterocycles. The van der Waals surface area contributed by atoms with Gasteiger partial charge in [-0.3, -0.25) is 0 Å². The molecule has 0 saturated carbocycles. The van der Waals surface area contributed by atoms with Crippen LogP contribution in [0.3, 0.4) is 0 Å². The van der Waals surface area contributed by atoms with Crippen molar-refractivity contribution in [3.05, 3.63) is 41.2 Å². The first-order valence-electron chi connectivity index (χ1n) is 4.07. The summed E-state index contributed by atoms with van der Waals surface area (Å²) in [5.41, 5.74) is 2.09. The molecule has 0 saturated heterocycles. The van der Waals surface area contributed by atoms with Gasteiger partial charge in [0.15, 0.2) is 0 Å². The predicted octanol–water partition coefficient (Wildman–Crippen LogP) is 2.77. The van der Waals surface area contributed by atoms with Crippen molar-refractivity contribution in [3.63, 3.8) is 0 Å². The van der Waals surface area contributed by atoms with Gasteiger partial charge in [0.1, 0.15) is 0 Å². The van der Waals surface area contributed by atoms with E-state index in [1.54, 1.807) is 0 Å². The van der Waals surface area contributed by atoms with Gasteiger partial charge in [-0.25, -0.2) is 0 Å². The third kappa shape index (κ3) is 2.88. The summed E-state index contributed by atoms with van der Waals surface area (Å²) in [6.07, 6.45) is 0.764. The van der Waals surface area contributed by atoms with E-state index in [0.29, 0.717) is 0 Å². The third-order valence-corrected chi connectivity index (χ3v) is 2.44. The standard InChI is InChI=1S/C10H9BrNO.Y/c1-7-6-10(12-13-7)8-2-4-9(11)5-3-8;/h2-5,7H,1,6H2;/q-1;+3. The molecule has 1 aromatic rings. The second-order valence-corrected chi connectivity index (χ2v) is 3.89. The molecule has 0 amide bonds. The summed E-state index contributed by atoms with van der Waals surface area (Å²) in [7, 11) is 0. The first-order chi connectivity index (χ1) is 6.25. The van der Waals surface area contributed by atoms with Crippen LogP contribution in [0, 0.1) is 6.92 Å². The van der Waals surface area contributed by atoms with Crippen molar-refractivity contribution in [2.75, 3.05) is 0 Å². The molecule has 0 aromatic heterocycles. The van der Waals surface area contributed by atoms with Crippen molar-refractivity contribution in [2.45, 2.75) is 12.5 Å². The molecule has 0 fully saturated rings. The van der Waals surface area contributed by atoms with E-state index in [9.17, 15) is 0 Å². The minimum Gasteiger partial charge on any atom is -0.425 e. The van der Waals surface area contributed by atoms with E-state index in [2.05, 4.69) is 28.0 Å². The molecular weight excluding hydrogens is 319 g/mol.